The molecule has 1 aromatic carbocycles. The van der Waals surface area contributed by atoms with Crippen molar-refractivity contribution in [1.29, 1.82) is 0 Å². The summed E-state index contributed by atoms with van der Waals surface area (Å²) in [7, 11) is 0. The first-order valence-corrected chi connectivity index (χ1v) is 6.07. The van der Waals surface area contributed by atoms with Crippen molar-refractivity contribution >= 4 is 5.97 Å². The first kappa shape index (κ1) is 14.6. The molecule has 1 rings (SSSR count). The predicted molar refractivity (Wildman–Crippen MR) is 65.9 cm³/mol. The number of carboxylic acid groups (broad SMARTS) is 1. The van der Waals surface area contributed by atoms with E-state index in [9.17, 15) is 13.6 Å². The molecule has 0 fully saturated rings. The van der Waals surface area contributed by atoms with Gasteiger partial charge in [-0.25, -0.2) is 8.78 Å². The fourth-order valence-corrected chi connectivity index (χ4v) is 1.89. The van der Waals surface area contributed by atoms with Gasteiger partial charge in [0.15, 0.2) is 0 Å². The SMILES string of the molecule is CCCC(F)(F)c1ccc(C(C)CC(=O)O)cc1. The zero-order valence-corrected chi connectivity index (χ0v) is 10.6. The summed E-state index contributed by atoms with van der Waals surface area (Å²) >= 11 is 0. The van der Waals surface area contributed by atoms with E-state index in [4.69, 9.17) is 5.11 Å². The molecule has 1 N–H and O–H groups in total. The van der Waals surface area contributed by atoms with Gasteiger partial charge in [-0.15, -0.1) is 0 Å². The molecule has 1 aromatic rings. The van der Waals surface area contributed by atoms with Crippen LogP contribution in [-0.4, -0.2) is 11.1 Å². The molecular weight excluding hydrogens is 238 g/mol. The van der Waals surface area contributed by atoms with Crippen molar-refractivity contribution in [1.82, 2.24) is 0 Å². The average Bonchev–Trinajstić information content (AvgIpc) is 2.28. The normalized spacial score (nSPS) is 13.3. The zero-order chi connectivity index (χ0) is 13.8. The van der Waals surface area contributed by atoms with E-state index in [0.29, 0.717) is 6.42 Å². The van der Waals surface area contributed by atoms with Crippen LogP contribution in [0.3, 0.4) is 0 Å². The van der Waals surface area contributed by atoms with E-state index in [1.165, 1.54) is 12.1 Å². The van der Waals surface area contributed by atoms with Gasteiger partial charge < -0.3 is 5.11 Å². The Hall–Kier alpha value is -1.45. The van der Waals surface area contributed by atoms with E-state index in [1.54, 1.807) is 26.0 Å². The van der Waals surface area contributed by atoms with Gasteiger partial charge >= 0.3 is 5.97 Å². The maximum atomic E-state index is 13.6. The Morgan fingerprint density at radius 2 is 1.89 bits per heavy atom. The Kier molecular flexibility index (Phi) is 4.82. The lowest BCUT2D eigenvalue weighted by atomic mass is 9.95. The van der Waals surface area contributed by atoms with Crippen LogP contribution in [0.15, 0.2) is 24.3 Å². The number of rotatable bonds is 6. The third kappa shape index (κ3) is 3.79. The molecule has 1 atom stereocenters. The van der Waals surface area contributed by atoms with Crippen molar-refractivity contribution in [2.75, 3.05) is 0 Å². The van der Waals surface area contributed by atoms with E-state index in [0.717, 1.165) is 5.56 Å². The molecule has 0 saturated carbocycles. The Balaban J connectivity index is 2.82. The van der Waals surface area contributed by atoms with Gasteiger partial charge in [-0.05, 0) is 11.5 Å². The molecule has 0 aliphatic rings. The molecule has 0 amide bonds. The van der Waals surface area contributed by atoms with Crippen LogP contribution >= 0.6 is 0 Å². The summed E-state index contributed by atoms with van der Waals surface area (Å²) in [4.78, 5) is 10.6. The van der Waals surface area contributed by atoms with Gasteiger partial charge in [0, 0.05) is 12.0 Å². The van der Waals surface area contributed by atoms with Gasteiger partial charge in [-0.1, -0.05) is 44.5 Å². The van der Waals surface area contributed by atoms with Crippen LogP contribution in [0.25, 0.3) is 0 Å². The summed E-state index contributed by atoms with van der Waals surface area (Å²) in [5.41, 5.74) is 0.768. The van der Waals surface area contributed by atoms with Gasteiger partial charge in [-0.3, -0.25) is 4.79 Å². The fraction of sp³-hybridized carbons (Fsp3) is 0.500. The molecular formula is C14H18F2O2. The smallest absolute Gasteiger partial charge is 0.303 e. The molecule has 0 saturated heterocycles. The molecule has 4 heteroatoms. The minimum atomic E-state index is -2.80. The number of hydrogen-bond donors (Lipinski definition) is 1. The highest BCUT2D eigenvalue weighted by Gasteiger charge is 2.29. The first-order chi connectivity index (χ1) is 8.36. The molecule has 0 bridgehead atoms. The highest BCUT2D eigenvalue weighted by atomic mass is 19.3. The highest BCUT2D eigenvalue weighted by Crippen LogP contribution is 2.33. The van der Waals surface area contributed by atoms with Crippen molar-refractivity contribution in [2.24, 2.45) is 0 Å². The second-order valence-electron chi connectivity index (χ2n) is 4.58. The molecule has 18 heavy (non-hydrogen) atoms. The second-order valence-corrected chi connectivity index (χ2v) is 4.58. The van der Waals surface area contributed by atoms with Crippen LogP contribution in [0.2, 0.25) is 0 Å². The standard InChI is InChI=1S/C14H18F2O2/c1-3-8-14(15,16)12-6-4-11(5-7-12)10(2)9-13(17)18/h4-7,10H,3,8-9H2,1-2H3,(H,17,18). The van der Waals surface area contributed by atoms with Gasteiger partial charge in [0.05, 0.1) is 6.42 Å². The minimum Gasteiger partial charge on any atom is -0.481 e. The maximum Gasteiger partial charge on any atom is 0.303 e. The summed E-state index contributed by atoms with van der Waals surface area (Å²) in [5, 5.41) is 8.68. The van der Waals surface area contributed by atoms with Gasteiger partial charge in [0.25, 0.3) is 5.92 Å². The van der Waals surface area contributed by atoms with E-state index in [1.807, 2.05) is 0 Å². The Morgan fingerprint density at radius 1 is 1.33 bits per heavy atom. The minimum absolute atomic E-state index is 0.00405. The van der Waals surface area contributed by atoms with E-state index in [2.05, 4.69) is 0 Å². The summed E-state index contributed by atoms with van der Waals surface area (Å²) in [6.45, 7) is 3.49. The van der Waals surface area contributed by atoms with Crippen LogP contribution in [0.5, 0.6) is 0 Å². The quantitative estimate of drug-likeness (QED) is 0.829. The van der Waals surface area contributed by atoms with Crippen LogP contribution in [0, 0.1) is 0 Å². The van der Waals surface area contributed by atoms with Crippen molar-refractivity contribution < 1.29 is 18.7 Å². The zero-order valence-electron chi connectivity index (χ0n) is 10.6. The summed E-state index contributed by atoms with van der Waals surface area (Å²) in [6, 6.07) is 5.96. The maximum absolute atomic E-state index is 13.6. The van der Waals surface area contributed by atoms with Crippen molar-refractivity contribution in [2.45, 2.75) is 45.0 Å². The number of aliphatic carboxylic acids is 1. The van der Waals surface area contributed by atoms with Crippen molar-refractivity contribution in [3.8, 4) is 0 Å². The molecule has 0 heterocycles. The number of carbonyl (C=O) groups is 1. The molecule has 2 nitrogen and oxygen atoms in total. The Morgan fingerprint density at radius 3 is 2.33 bits per heavy atom. The summed E-state index contributed by atoms with van der Waals surface area (Å²) in [5.74, 6) is -3.86. The predicted octanol–water partition coefficient (Wildman–Crippen LogP) is 4.16. The number of carboxylic acids is 1. The van der Waals surface area contributed by atoms with E-state index in [-0.39, 0.29) is 24.3 Å². The Labute approximate surface area is 106 Å². The van der Waals surface area contributed by atoms with Crippen LogP contribution in [0.4, 0.5) is 8.78 Å². The molecule has 0 radical (unpaired) electrons. The lowest BCUT2D eigenvalue weighted by Gasteiger charge is -2.17. The number of alkyl halides is 2. The van der Waals surface area contributed by atoms with Crippen LogP contribution in [-0.2, 0) is 10.7 Å². The van der Waals surface area contributed by atoms with Gasteiger partial charge in [0.1, 0.15) is 0 Å². The first-order valence-electron chi connectivity index (χ1n) is 6.07. The molecule has 0 aliphatic heterocycles. The van der Waals surface area contributed by atoms with E-state index >= 15 is 0 Å². The molecule has 1 unspecified atom stereocenters. The van der Waals surface area contributed by atoms with Crippen molar-refractivity contribution in [3.63, 3.8) is 0 Å². The van der Waals surface area contributed by atoms with Crippen molar-refractivity contribution in [3.05, 3.63) is 35.4 Å². The van der Waals surface area contributed by atoms with Gasteiger partial charge in [0.2, 0.25) is 0 Å². The average molecular weight is 256 g/mol. The lowest BCUT2D eigenvalue weighted by molar-refractivity contribution is -0.137. The highest BCUT2D eigenvalue weighted by molar-refractivity contribution is 5.67. The third-order valence-electron chi connectivity index (χ3n) is 2.95. The second kappa shape index (κ2) is 5.94. The number of benzene rings is 1. The number of hydrogen-bond acceptors (Lipinski definition) is 1. The Bertz CT molecular complexity index is 399. The molecule has 0 spiro atoms. The van der Waals surface area contributed by atoms with E-state index < -0.39 is 11.9 Å². The summed E-state index contributed by atoms with van der Waals surface area (Å²) in [6.07, 6.45) is 0.256. The lowest BCUT2D eigenvalue weighted by Crippen LogP contribution is -2.13. The third-order valence-corrected chi connectivity index (χ3v) is 2.95. The topological polar surface area (TPSA) is 37.3 Å². The monoisotopic (exact) mass is 256 g/mol. The van der Waals surface area contributed by atoms with Gasteiger partial charge in [-0.2, -0.15) is 0 Å². The van der Waals surface area contributed by atoms with Crippen LogP contribution in [0.1, 0.15) is 50.2 Å². The largest absolute Gasteiger partial charge is 0.481 e. The molecule has 0 aliphatic carbocycles. The van der Waals surface area contributed by atoms with Crippen LogP contribution < -0.4 is 0 Å². The fourth-order valence-electron chi connectivity index (χ4n) is 1.89. The molecule has 0 aromatic heterocycles. The summed E-state index contributed by atoms with van der Waals surface area (Å²) < 4.78 is 27.2. The molecule has 100 valence electrons. The number of halogens is 2.